The second-order valence-electron chi connectivity index (χ2n) is 6.56. The summed E-state index contributed by atoms with van der Waals surface area (Å²) in [6.45, 7) is -0.400. The minimum absolute atomic E-state index is 0.0277. The number of carbonyl (C=O) groups is 3. The number of benzene rings is 1. The summed E-state index contributed by atoms with van der Waals surface area (Å²) in [6, 6.07) is 6.80. The Kier molecular flexibility index (Phi) is 3.72. The van der Waals surface area contributed by atoms with Crippen molar-refractivity contribution in [3.8, 4) is 0 Å². The van der Waals surface area contributed by atoms with Crippen LogP contribution in [0.2, 0.25) is 5.02 Å². The monoisotopic (exact) mass is 349 g/mol. The van der Waals surface area contributed by atoms with Gasteiger partial charge in [-0.3, -0.25) is 14.4 Å². The van der Waals surface area contributed by atoms with Crippen LogP contribution in [0.4, 0.5) is 5.69 Å². The van der Waals surface area contributed by atoms with Gasteiger partial charge in [0.05, 0.1) is 22.5 Å². The molecule has 2 aliphatic carbocycles. The van der Waals surface area contributed by atoms with Gasteiger partial charge in [0.25, 0.3) is 5.91 Å². The minimum atomic E-state index is -0.487. The van der Waals surface area contributed by atoms with E-state index in [9.17, 15) is 14.4 Å². The number of hydrogen-bond acceptors (Lipinski definition) is 5. The van der Waals surface area contributed by atoms with Crippen LogP contribution in [0.15, 0.2) is 24.3 Å². The molecule has 3 fully saturated rings. The third-order valence-corrected chi connectivity index (χ3v) is 5.58. The third kappa shape index (κ3) is 2.45. The summed E-state index contributed by atoms with van der Waals surface area (Å²) in [5.41, 5.74) is 0.461. The molecule has 5 atom stereocenters. The van der Waals surface area contributed by atoms with Crippen LogP contribution in [-0.2, 0) is 23.9 Å². The number of para-hydroxylation sites is 1. The molecule has 1 aromatic rings. The van der Waals surface area contributed by atoms with Crippen molar-refractivity contribution in [3.05, 3.63) is 29.3 Å². The number of nitrogens with one attached hydrogen (secondary N) is 1. The van der Waals surface area contributed by atoms with E-state index in [4.69, 9.17) is 21.1 Å². The Balaban J connectivity index is 1.35. The zero-order chi connectivity index (χ0) is 16.8. The molecule has 1 heterocycles. The second-order valence-corrected chi connectivity index (χ2v) is 6.97. The number of carbonyl (C=O) groups excluding carboxylic acids is 3. The van der Waals surface area contributed by atoms with Crippen LogP contribution >= 0.6 is 11.6 Å². The molecule has 6 nitrogen and oxygen atoms in total. The van der Waals surface area contributed by atoms with Gasteiger partial charge in [0.1, 0.15) is 6.10 Å². The van der Waals surface area contributed by atoms with Crippen LogP contribution in [0.5, 0.6) is 0 Å². The van der Waals surface area contributed by atoms with Gasteiger partial charge in [-0.25, -0.2) is 0 Å². The first-order valence-corrected chi connectivity index (χ1v) is 8.34. The van der Waals surface area contributed by atoms with Gasteiger partial charge in [0.2, 0.25) is 0 Å². The minimum Gasteiger partial charge on any atom is -0.462 e. The lowest BCUT2D eigenvalue weighted by atomic mass is 9.80. The average Bonchev–Trinajstić information content (AvgIpc) is 3.16. The number of rotatable bonds is 4. The van der Waals surface area contributed by atoms with Crippen LogP contribution in [0.1, 0.15) is 12.8 Å². The maximum absolute atomic E-state index is 12.4. The van der Waals surface area contributed by atoms with Crippen LogP contribution in [-0.4, -0.2) is 30.6 Å². The maximum atomic E-state index is 12.4. The number of ether oxygens (including phenoxy) is 2. The number of anilines is 1. The lowest BCUT2D eigenvalue weighted by Crippen LogP contribution is -2.34. The van der Waals surface area contributed by atoms with Crippen LogP contribution in [0, 0.1) is 23.7 Å². The summed E-state index contributed by atoms with van der Waals surface area (Å²) in [5, 5.41) is 3.00. The first-order chi connectivity index (χ1) is 11.5. The van der Waals surface area contributed by atoms with Gasteiger partial charge in [0, 0.05) is 5.92 Å². The molecular weight excluding hydrogens is 334 g/mol. The molecule has 126 valence electrons. The van der Waals surface area contributed by atoms with Crippen molar-refractivity contribution >= 4 is 35.1 Å². The first-order valence-electron chi connectivity index (χ1n) is 7.96. The van der Waals surface area contributed by atoms with Gasteiger partial charge in [-0.05, 0) is 30.9 Å². The highest BCUT2D eigenvalue weighted by atomic mass is 35.5. The van der Waals surface area contributed by atoms with Crippen LogP contribution in [0.3, 0.4) is 0 Å². The molecule has 7 heteroatoms. The largest absolute Gasteiger partial charge is 0.462 e. The fraction of sp³-hybridized carbons (Fsp3) is 0.471. The summed E-state index contributed by atoms with van der Waals surface area (Å²) in [4.78, 5) is 36.2. The molecule has 2 saturated carbocycles. The molecule has 0 unspecified atom stereocenters. The topological polar surface area (TPSA) is 81.7 Å². The van der Waals surface area contributed by atoms with Crippen molar-refractivity contribution in [2.24, 2.45) is 23.7 Å². The molecule has 1 N–H and O–H groups in total. The normalized spacial score (nSPS) is 32.5. The fourth-order valence-corrected chi connectivity index (χ4v) is 4.49. The number of esters is 2. The molecule has 0 spiro atoms. The lowest BCUT2D eigenvalue weighted by Gasteiger charge is -2.22. The van der Waals surface area contributed by atoms with Crippen molar-refractivity contribution in [2.75, 3.05) is 11.9 Å². The van der Waals surface area contributed by atoms with Crippen LogP contribution in [0.25, 0.3) is 0 Å². The van der Waals surface area contributed by atoms with Crippen molar-refractivity contribution in [3.63, 3.8) is 0 Å². The number of amides is 1. The maximum Gasteiger partial charge on any atom is 0.310 e. The Morgan fingerprint density at radius 2 is 2.08 bits per heavy atom. The van der Waals surface area contributed by atoms with E-state index in [1.54, 1.807) is 24.3 Å². The Morgan fingerprint density at radius 1 is 1.29 bits per heavy atom. The van der Waals surface area contributed by atoms with Crippen LogP contribution < -0.4 is 5.32 Å². The van der Waals surface area contributed by atoms with Crippen molar-refractivity contribution in [1.82, 2.24) is 0 Å². The highest BCUT2D eigenvalue weighted by molar-refractivity contribution is 6.33. The van der Waals surface area contributed by atoms with E-state index in [2.05, 4.69) is 5.32 Å². The Bertz CT molecular complexity index is 719. The smallest absolute Gasteiger partial charge is 0.310 e. The molecule has 0 aromatic heterocycles. The van der Waals surface area contributed by atoms with Gasteiger partial charge >= 0.3 is 11.9 Å². The van der Waals surface area contributed by atoms with E-state index < -0.39 is 30.3 Å². The molecule has 2 bridgehead atoms. The summed E-state index contributed by atoms with van der Waals surface area (Å²) >= 11 is 5.96. The first kappa shape index (κ1) is 15.4. The molecule has 1 saturated heterocycles. The molecule has 1 amide bonds. The van der Waals surface area contributed by atoms with E-state index in [1.165, 1.54) is 0 Å². The fourth-order valence-electron chi connectivity index (χ4n) is 4.31. The predicted molar refractivity (Wildman–Crippen MR) is 84.1 cm³/mol. The number of hydrogen-bond donors (Lipinski definition) is 1. The molecule has 1 aliphatic heterocycles. The molecule has 1 aromatic carbocycles. The summed E-state index contributed by atoms with van der Waals surface area (Å²) in [7, 11) is 0. The molecule has 3 aliphatic rings. The summed E-state index contributed by atoms with van der Waals surface area (Å²) < 4.78 is 10.4. The Labute approximate surface area is 143 Å². The van der Waals surface area contributed by atoms with Gasteiger partial charge in [0.15, 0.2) is 6.61 Å². The summed E-state index contributed by atoms with van der Waals surface area (Å²) in [5.74, 6) is -1.87. The van der Waals surface area contributed by atoms with E-state index >= 15 is 0 Å². The van der Waals surface area contributed by atoms with Gasteiger partial charge in [-0.1, -0.05) is 23.7 Å². The number of halogens is 1. The Morgan fingerprint density at radius 3 is 2.88 bits per heavy atom. The molecule has 4 rings (SSSR count). The Hall–Kier alpha value is -2.08. The molecular formula is C17H16ClNO5. The predicted octanol–water partition coefficient (Wildman–Crippen LogP) is 2.02. The van der Waals surface area contributed by atoms with E-state index in [0.29, 0.717) is 10.7 Å². The molecule has 24 heavy (non-hydrogen) atoms. The SMILES string of the molecule is O=C(COC(=O)[C@@H]1[C@@H]2C[C@@H]3[C@@H]1C(=O)O[C@@H]3C2)Nc1ccccc1Cl. The highest BCUT2D eigenvalue weighted by Crippen LogP contribution is 2.57. The average molecular weight is 350 g/mol. The van der Waals surface area contributed by atoms with E-state index in [1.807, 2.05) is 0 Å². The van der Waals surface area contributed by atoms with Gasteiger partial charge in [-0.15, -0.1) is 0 Å². The van der Waals surface area contributed by atoms with Crippen molar-refractivity contribution in [1.29, 1.82) is 0 Å². The van der Waals surface area contributed by atoms with Crippen molar-refractivity contribution < 1.29 is 23.9 Å². The standard InChI is InChI=1S/C17H16ClNO5/c18-10-3-1-2-4-11(10)19-13(20)7-23-16(21)14-8-5-9-12(6-8)24-17(22)15(9)14/h1-4,8-9,12,14-15H,5-7H2,(H,19,20)/t8-,9+,12-,14-,15+/m1/s1. The van der Waals surface area contributed by atoms with Gasteiger partial charge in [-0.2, -0.15) is 0 Å². The quantitative estimate of drug-likeness (QED) is 0.841. The zero-order valence-corrected chi connectivity index (χ0v) is 13.5. The van der Waals surface area contributed by atoms with Crippen molar-refractivity contribution in [2.45, 2.75) is 18.9 Å². The number of fused-ring (bicyclic) bond motifs is 1. The van der Waals surface area contributed by atoms with Gasteiger partial charge < -0.3 is 14.8 Å². The highest BCUT2D eigenvalue weighted by Gasteiger charge is 2.64. The lowest BCUT2D eigenvalue weighted by molar-refractivity contribution is -0.157. The van der Waals surface area contributed by atoms with E-state index in [-0.39, 0.29) is 23.9 Å². The third-order valence-electron chi connectivity index (χ3n) is 5.25. The molecule has 0 radical (unpaired) electrons. The second kappa shape index (κ2) is 5.77. The zero-order valence-electron chi connectivity index (χ0n) is 12.7. The summed E-state index contributed by atoms with van der Waals surface area (Å²) in [6.07, 6.45) is 1.52. The van der Waals surface area contributed by atoms with E-state index in [0.717, 1.165) is 12.8 Å².